The molecule has 1 heterocycles. The molecule has 0 amide bonds. The fourth-order valence-corrected chi connectivity index (χ4v) is 3.55. The Kier molecular flexibility index (Phi) is 3.68. The van der Waals surface area contributed by atoms with Crippen molar-refractivity contribution >= 4 is 17.1 Å². The highest BCUT2D eigenvalue weighted by Gasteiger charge is 2.41. The molecule has 4 heteroatoms. The van der Waals surface area contributed by atoms with Crippen LogP contribution in [0.1, 0.15) is 40.3 Å². The van der Waals surface area contributed by atoms with Crippen LogP contribution in [0.25, 0.3) is 0 Å². The quantitative estimate of drug-likeness (QED) is 0.789. The van der Waals surface area contributed by atoms with Crippen LogP contribution in [-0.4, -0.2) is 17.9 Å². The summed E-state index contributed by atoms with van der Waals surface area (Å²) in [6.45, 7) is 0. The summed E-state index contributed by atoms with van der Waals surface area (Å²) in [5.41, 5.74) is 1.41. The number of hydrogen-bond acceptors (Lipinski definition) is 4. The smallest absolute Gasteiger partial charge is 0.168 e. The Hall–Kier alpha value is -1.52. The van der Waals surface area contributed by atoms with Crippen LogP contribution in [-0.2, 0) is 16.8 Å². The number of thiazole rings is 1. The molecule has 0 radical (unpaired) electrons. The number of methoxy groups -OCH3 is 1. The lowest BCUT2D eigenvalue weighted by molar-refractivity contribution is -0.0780. The van der Waals surface area contributed by atoms with Gasteiger partial charge in [0.1, 0.15) is 10.6 Å². The Labute approximate surface area is 122 Å². The largest absolute Gasteiger partial charge is 0.371 e. The molecule has 0 atom stereocenters. The summed E-state index contributed by atoms with van der Waals surface area (Å²) in [7, 11) is 1.75. The molecule has 0 N–H and O–H groups in total. The maximum atomic E-state index is 12.2. The van der Waals surface area contributed by atoms with E-state index in [4.69, 9.17) is 4.74 Å². The predicted molar refractivity (Wildman–Crippen MR) is 79.1 cm³/mol. The second kappa shape index (κ2) is 5.46. The number of hydrogen-bond donors (Lipinski definition) is 0. The van der Waals surface area contributed by atoms with E-state index < -0.39 is 0 Å². The number of carbonyl (C=O) groups is 1. The minimum absolute atomic E-state index is 0.113. The molecule has 0 unspecified atom stereocenters. The molecule has 0 aliphatic heterocycles. The summed E-state index contributed by atoms with van der Waals surface area (Å²) < 4.78 is 5.63. The lowest BCUT2D eigenvalue weighted by atomic mass is 9.80. The van der Waals surface area contributed by atoms with Gasteiger partial charge in [-0.2, -0.15) is 0 Å². The van der Waals surface area contributed by atoms with Gasteiger partial charge in [-0.05, 0) is 19.3 Å². The molecule has 104 valence electrons. The third-order valence-electron chi connectivity index (χ3n) is 3.93. The standard InChI is InChI=1S/C16H17NO2S/c1-19-16(8-5-9-16)15-17-13(11-20-15)10-14(18)12-6-3-2-4-7-12/h2-4,6-7,11H,5,8-10H2,1H3. The molecule has 0 saturated heterocycles. The maximum Gasteiger partial charge on any atom is 0.168 e. The van der Waals surface area contributed by atoms with E-state index in [1.807, 2.05) is 35.7 Å². The lowest BCUT2D eigenvalue weighted by Crippen LogP contribution is -2.35. The Balaban J connectivity index is 1.73. The average molecular weight is 287 g/mol. The minimum Gasteiger partial charge on any atom is -0.371 e. The Morgan fingerprint density at radius 3 is 2.70 bits per heavy atom. The van der Waals surface area contributed by atoms with Crippen molar-refractivity contribution in [3.05, 3.63) is 52.0 Å². The van der Waals surface area contributed by atoms with Crippen molar-refractivity contribution in [2.45, 2.75) is 31.3 Å². The zero-order valence-electron chi connectivity index (χ0n) is 11.5. The van der Waals surface area contributed by atoms with Crippen molar-refractivity contribution < 1.29 is 9.53 Å². The number of rotatable bonds is 5. The van der Waals surface area contributed by atoms with Crippen molar-refractivity contribution in [2.24, 2.45) is 0 Å². The molecule has 1 saturated carbocycles. The van der Waals surface area contributed by atoms with Crippen LogP contribution in [0.2, 0.25) is 0 Å². The van der Waals surface area contributed by atoms with Gasteiger partial charge in [-0.1, -0.05) is 30.3 Å². The number of ether oxygens (including phenoxy) is 1. The monoisotopic (exact) mass is 287 g/mol. The number of nitrogens with zero attached hydrogens (tertiary/aromatic N) is 1. The summed E-state index contributed by atoms with van der Waals surface area (Å²) in [4.78, 5) is 16.8. The van der Waals surface area contributed by atoms with E-state index in [0.717, 1.165) is 29.1 Å². The van der Waals surface area contributed by atoms with E-state index >= 15 is 0 Å². The van der Waals surface area contributed by atoms with E-state index in [9.17, 15) is 4.79 Å². The molecule has 1 fully saturated rings. The molecule has 1 aromatic carbocycles. The number of Topliss-reactive ketones (excluding diaryl/α,β-unsaturated/α-hetero) is 1. The number of carbonyl (C=O) groups excluding carboxylic acids is 1. The molecular formula is C16H17NO2S. The summed E-state index contributed by atoms with van der Waals surface area (Å²) >= 11 is 1.61. The van der Waals surface area contributed by atoms with Gasteiger partial charge < -0.3 is 4.74 Å². The highest BCUT2D eigenvalue weighted by Crippen LogP contribution is 2.45. The van der Waals surface area contributed by atoms with Gasteiger partial charge in [0, 0.05) is 18.1 Å². The summed E-state index contributed by atoms with van der Waals surface area (Å²) in [5.74, 6) is 0.113. The number of benzene rings is 1. The Morgan fingerprint density at radius 1 is 1.35 bits per heavy atom. The Morgan fingerprint density at radius 2 is 2.10 bits per heavy atom. The van der Waals surface area contributed by atoms with E-state index in [1.165, 1.54) is 6.42 Å². The molecule has 3 rings (SSSR count). The highest BCUT2D eigenvalue weighted by atomic mass is 32.1. The molecule has 3 nitrogen and oxygen atoms in total. The van der Waals surface area contributed by atoms with Gasteiger partial charge in [0.05, 0.1) is 12.1 Å². The molecule has 1 aliphatic carbocycles. The highest BCUT2D eigenvalue weighted by molar-refractivity contribution is 7.09. The minimum atomic E-state index is -0.182. The van der Waals surface area contributed by atoms with Crippen molar-refractivity contribution in [2.75, 3.05) is 7.11 Å². The van der Waals surface area contributed by atoms with Crippen LogP contribution in [0, 0.1) is 0 Å². The zero-order valence-corrected chi connectivity index (χ0v) is 12.3. The molecular weight excluding hydrogens is 270 g/mol. The SMILES string of the molecule is COC1(c2nc(CC(=O)c3ccccc3)cs2)CCC1. The van der Waals surface area contributed by atoms with Crippen LogP contribution < -0.4 is 0 Å². The molecule has 0 spiro atoms. The van der Waals surface area contributed by atoms with Gasteiger partial charge in [-0.15, -0.1) is 11.3 Å². The zero-order chi connectivity index (χ0) is 14.0. The first-order valence-electron chi connectivity index (χ1n) is 6.82. The summed E-state index contributed by atoms with van der Waals surface area (Å²) in [6.07, 6.45) is 3.61. The van der Waals surface area contributed by atoms with Crippen LogP contribution in [0.4, 0.5) is 0 Å². The fraction of sp³-hybridized carbons (Fsp3) is 0.375. The Bertz CT molecular complexity index is 596. The summed E-state index contributed by atoms with van der Waals surface area (Å²) in [6, 6.07) is 9.37. The average Bonchev–Trinajstić information content (AvgIpc) is 2.88. The van der Waals surface area contributed by atoms with Crippen LogP contribution in [0.3, 0.4) is 0 Å². The van der Waals surface area contributed by atoms with E-state index in [1.54, 1.807) is 18.4 Å². The predicted octanol–water partition coefficient (Wildman–Crippen LogP) is 3.59. The normalized spacial score (nSPS) is 16.6. The van der Waals surface area contributed by atoms with Gasteiger partial charge >= 0.3 is 0 Å². The number of aromatic nitrogens is 1. The van der Waals surface area contributed by atoms with E-state index in [0.29, 0.717) is 6.42 Å². The van der Waals surface area contributed by atoms with Gasteiger partial charge in [0.15, 0.2) is 5.78 Å². The molecule has 0 bridgehead atoms. The van der Waals surface area contributed by atoms with Crippen LogP contribution in [0.15, 0.2) is 35.7 Å². The van der Waals surface area contributed by atoms with E-state index in [-0.39, 0.29) is 11.4 Å². The van der Waals surface area contributed by atoms with E-state index in [2.05, 4.69) is 4.98 Å². The van der Waals surface area contributed by atoms with Gasteiger partial charge in [0.2, 0.25) is 0 Å². The lowest BCUT2D eigenvalue weighted by Gasteiger charge is -2.38. The van der Waals surface area contributed by atoms with Crippen molar-refractivity contribution in [3.63, 3.8) is 0 Å². The first-order valence-corrected chi connectivity index (χ1v) is 7.70. The summed E-state index contributed by atoms with van der Waals surface area (Å²) in [5, 5.41) is 3.00. The second-order valence-corrected chi connectivity index (χ2v) is 6.02. The topological polar surface area (TPSA) is 39.2 Å². The molecule has 1 aliphatic rings. The maximum absolute atomic E-state index is 12.2. The van der Waals surface area contributed by atoms with Crippen molar-refractivity contribution in [1.82, 2.24) is 4.98 Å². The van der Waals surface area contributed by atoms with Crippen molar-refractivity contribution in [3.8, 4) is 0 Å². The number of ketones is 1. The first-order chi connectivity index (χ1) is 9.73. The van der Waals surface area contributed by atoms with Gasteiger partial charge in [0.25, 0.3) is 0 Å². The van der Waals surface area contributed by atoms with Gasteiger partial charge in [-0.3, -0.25) is 4.79 Å². The van der Waals surface area contributed by atoms with Crippen molar-refractivity contribution in [1.29, 1.82) is 0 Å². The third kappa shape index (κ3) is 2.41. The molecule has 2 aromatic rings. The third-order valence-corrected chi connectivity index (χ3v) is 5.01. The first kappa shape index (κ1) is 13.5. The molecule has 20 heavy (non-hydrogen) atoms. The molecule has 1 aromatic heterocycles. The van der Waals surface area contributed by atoms with Crippen LogP contribution >= 0.6 is 11.3 Å². The fourth-order valence-electron chi connectivity index (χ4n) is 2.49. The van der Waals surface area contributed by atoms with Crippen LogP contribution in [0.5, 0.6) is 0 Å². The second-order valence-electron chi connectivity index (χ2n) is 5.16. The van der Waals surface area contributed by atoms with Gasteiger partial charge in [-0.25, -0.2) is 4.98 Å².